The highest BCUT2D eigenvalue weighted by Gasteiger charge is 2.09. The fourth-order valence-electron chi connectivity index (χ4n) is 2.55. The zero-order valence-corrected chi connectivity index (χ0v) is 16.1. The monoisotopic (exact) mass is 328 g/mol. The summed E-state index contributed by atoms with van der Waals surface area (Å²) in [5.41, 5.74) is 0.442. The minimum Gasteiger partial charge on any atom is -0.298 e. The van der Waals surface area contributed by atoms with Crippen molar-refractivity contribution in [3.05, 3.63) is 0 Å². The summed E-state index contributed by atoms with van der Waals surface area (Å²) in [5, 5.41) is 0. The van der Waals surface area contributed by atoms with E-state index < -0.39 is 0 Å². The Bertz CT molecular complexity index is 269. The molecule has 0 aromatic rings. The first-order valence-corrected chi connectivity index (χ1v) is 9.78. The van der Waals surface area contributed by atoms with Crippen molar-refractivity contribution in [3.8, 4) is 0 Å². The van der Waals surface area contributed by atoms with E-state index >= 15 is 0 Å². The summed E-state index contributed by atoms with van der Waals surface area (Å²) in [6.07, 6.45) is 14.8. The van der Waals surface area contributed by atoms with Crippen molar-refractivity contribution in [1.29, 1.82) is 0 Å². The first kappa shape index (κ1) is 22.4. The lowest BCUT2D eigenvalue weighted by molar-refractivity contribution is -0.272. The van der Waals surface area contributed by atoms with Crippen LogP contribution < -0.4 is 0 Å². The van der Waals surface area contributed by atoms with E-state index in [0.717, 1.165) is 25.7 Å². The van der Waals surface area contributed by atoms with E-state index in [0.29, 0.717) is 18.4 Å². The number of carbonyl (C=O) groups excluding carboxylic acids is 1. The zero-order valence-electron chi connectivity index (χ0n) is 16.1. The van der Waals surface area contributed by atoms with Gasteiger partial charge in [-0.05, 0) is 24.7 Å². The summed E-state index contributed by atoms with van der Waals surface area (Å²) in [7, 11) is 0. The van der Waals surface area contributed by atoms with Crippen molar-refractivity contribution in [2.45, 2.75) is 111 Å². The first-order chi connectivity index (χ1) is 11.0. The maximum Gasteiger partial charge on any atom is 0.342 e. The van der Waals surface area contributed by atoms with Gasteiger partial charge in [-0.15, -0.1) is 0 Å². The number of carbonyl (C=O) groups is 1. The van der Waals surface area contributed by atoms with Gasteiger partial charge >= 0.3 is 5.97 Å². The van der Waals surface area contributed by atoms with Crippen molar-refractivity contribution in [2.24, 2.45) is 5.41 Å². The van der Waals surface area contributed by atoms with Crippen LogP contribution in [0.1, 0.15) is 111 Å². The predicted octanol–water partition coefficient (Wildman–Crippen LogP) is 6.60. The molecule has 0 amide bonds. The van der Waals surface area contributed by atoms with Gasteiger partial charge in [-0.1, -0.05) is 85.5 Å². The average molecular weight is 329 g/mol. The highest BCUT2D eigenvalue weighted by Crippen LogP contribution is 2.22. The molecule has 3 heteroatoms. The van der Waals surface area contributed by atoms with E-state index in [2.05, 4.69) is 27.7 Å². The molecule has 0 atom stereocenters. The molecule has 0 fully saturated rings. The summed E-state index contributed by atoms with van der Waals surface area (Å²) < 4.78 is 0. The van der Waals surface area contributed by atoms with Crippen LogP contribution in [0.4, 0.5) is 0 Å². The van der Waals surface area contributed by atoms with Crippen molar-refractivity contribution in [3.63, 3.8) is 0 Å². The number of unbranched alkanes of at least 4 members (excludes halogenated alkanes) is 9. The smallest absolute Gasteiger partial charge is 0.298 e. The molecule has 0 aromatic carbocycles. The third-order valence-corrected chi connectivity index (χ3v) is 4.04. The van der Waals surface area contributed by atoms with Gasteiger partial charge in [0.1, 0.15) is 0 Å². The van der Waals surface area contributed by atoms with E-state index in [4.69, 9.17) is 9.78 Å². The summed E-state index contributed by atoms with van der Waals surface area (Å²) in [6.45, 7) is 9.61. The topological polar surface area (TPSA) is 35.5 Å². The van der Waals surface area contributed by atoms with E-state index in [-0.39, 0.29) is 5.97 Å². The van der Waals surface area contributed by atoms with Crippen LogP contribution in [-0.4, -0.2) is 12.6 Å². The lowest BCUT2D eigenvalue weighted by atomic mass is 9.89. The maximum atomic E-state index is 11.5. The molecule has 0 bridgehead atoms. The molecule has 0 saturated heterocycles. The molecule has 0 aliphatic carbocycles. The minimum absolute atomic E-state index is 0.217. The molecule has 0 heterocycles. The second-order valence-electron chi connectivity index (χ2n) is 7.87. The van der Waals surface area contributed by atoms with Crippen LogP contribution >= 0.6 is 0 Å². The Kier molecular flexibility index (Phi) is 14.6. The molecule has 0 aliphatic rings. The van der Waals surface area contributed by atoms with Gasteiger partial charge < -0.3 is 0 Å². The largest absolute Gasteiger partial charge is 0.342 e. The Balaban J connectivity index is 3.22. The van der Waals surface area contributed by atoms with Gasteiger partial charge in [0.05, 0.1) is 6.61 Å². The Labute approximate surface area is 144 Å². The third kappa shape index (κ3) is 19.4. The molecule has 0 spiro atoms. The Morgan fingerprint density at radius 1 is 0.783 bits per heavy atom. The van der Waals surface area contributed by atoms with Gasteiger partial charge in [0.25, 0.3) is 0 Å². The van der Waals surface area contributed by atoms with Gasteiger partial charge in [0, 0.05) is 6.42 Å². The lowest BCUT2D eigenvalue weighted by Crippen LogP contribution is -2.06. The minimum atomic E-state index is -0.217. The molecule has 0 aliphatic heterocycles. The van der Waals surface area contributed by atoms with Crippen molar-refractivity contribution >= 4 is 5.97 Å². The summed E-state index contributed by atoms with van der Waals surface area (Å²) in [5.74, 6) is -0.217. The fraction of sp³-hybridized carbons (Fsp3) is 0.950. The summed E-state index contributed by atoms with van der Waals surface area (Å²) in [6, 6.07) is 0. The van der Waals surface area contributed by atoms with Crippen molar-refractivity contribution in [2.75, 3.05) is 6.61 Å². The highest BCUT2D eigenvalue weighted by molar-refractivity contribution is 5.68. The van der Waals surface area contributed by atoms with E-state index in [1.807, 2.05) is 0 Å². The van der Waals surface area contributed by atoms with Gasteiger partial charge in [-0.25, -0.2) is 4.79 Å². The van der Waals surface area contributed by atoms with Crippen molar-refractivity contribution < 1.29 is 14.6 Å². The molecular weight excluding hydrogens is 288 g/mol. The number of rotatable bonds is 15. The lowest BCUT2D eigenvalue weighted by Gasteiger charge is -2.17. The van der Waals surface area contributed by atoms with Crippen LogP contribution in [0, 0.1) is 5.41 Å². The fourth-order valence-corrected chi connectivity index (χ4v) is 2.55. The Morgan fingerprint density at radius 3 is 2.00 bits per heavy atom. The molecule has 3 nitrogen and oxygen atoms in total. The molecule has 0 N–H and O–H groups in total. The molecule has 0 saturated carbocycles. The van der Waals surface area contributed by atoms with Gasteiger partial charge in [-0.2, -0.15) is 4.89 Å². The van der Waals surface area contributed by atoms with Crippen LogP contribution in [0.5, 0.6) is 0 Å². The highest BCUT2D eigenvalue weighted by atomic mass is 17.2. The van der Waals surface area contributed by atoms with E-state index in [1.165, 1.54) is 51.4 Å². The molecule has 0 aromatic heterocycles. The van der Waals surface area contributed by atoms with Gasteiger partial charge in [-0.3, -0.25) is 4.89 Å². The quantitative estimate of drug-likeness (QED) is 0.193. The van der Waals surface area contributed by atoms with E-state index in [9.17, 15) is 4.79 Å². The van der Waals surface area contributed by atoms with Crippen LogP contribution in [0.15, 0.2) is 0 Å². The van der Waals surface area contributed by atoms with E-state index in [1.54, 1.807) is 0 Å². The van der Waals surface area contributed by atoms with Crippen LogP contribution in [0.3, 0.4) is 0 Å². The normalized spacial score (nSPS) is 11.7. The summed E-state index contributed by atoms with van der Waals surface area (Å²) in [4.78, 5) is 21.3. The first-order valence-electron chi connectivity index (χ1n) is 9.78. The van der Waals surface area contributed by atoms with Gasteiger partial charge in [0.15, 0.2) is 0 Å². The maximum absolute atomic E-state index is 11.5. The molecular formula is C20H40O3. The van der Waals surface area contributed by atoms with Crippen molar-refractivity contribution in [1.82, 2.24) is 0 Å². The second-order valence-corrected chi connectivity index (χ2v) is 7.87. The molecule has 0 unspecified atom stereocenters. The summed E-state index contributed by atoms with van der Waals surface area (Å²) >= 11 is 0. The second kappa shape index (κ2) is 15.0. The molecule has 23 heavy (non-hydrogen) atoms. The zero-order chi connectivity index (χ0) is 17.4. The SMILES string of the molecule is CCCCCCCCOOC(=O)CCCCCCCC(C)(C)C. The third-order valence-electron chi connectivity index (χ3n) is 4.04. The van der Waals surface area contributed by atoms with Crippen LogP contribution in [0.2, 0.25) is 0 Å². The molecule has 138 valence electrons. The number of hydrogen-bond donors (Lipinski definition) is 0. The van der Waals surface area contributed by atoms with Crippen LogP contribution in [-0.2, 0) is 14.6 Å². The van der Waals surface area contributed by atoms with Crippen LogP contribution in [0.25, 0.3) is 0 Å². The Morgan fingerprint density at radius 2 is 1.35 bits per heavy atom. The molecule has 0 radical (unpaired) electrons. The van der Waals surface area contributed by atoms with Gasteiger partial charge in [0.2, 0.25) is 0 Å². The Hall–Kier alpha value is -0.570. The predicted molar refractivity (Wildman–Crippen MR) is 97.2 cm³/mol. The number of hydrogen-bond acceptors (Lipinski definition) is 3. The standard InChI is InChI=1S/C20H40O3/c1-5-6-7-8-12-15-18-22-23-19(21)16-13-10-9-11-14-17-20(2,3)4/h5-18H2,1-4H3. The molecule has 0 rings (SSSR count). The average Bonchev–Trinajstić information content (AvgIpc) is 2.48.